The predicted octanol–water partition coefficient (Wildman–Crippen LogP) is 2.30. The Kier molecular flexibility index (Phi) is 2.45. The third kappa shape index (κ3) is 1.70. The summed E-state index contributed by atoms with van der Waals surface area (Å²) in [5, 5.41) is 1.12. The minimum absolute atomic E-state index is 0.0799. The van der Waals surface area contributed by atoms with Crippen LogP contribution in [-0.2, 0) is 20.3 Å². The number of hydrogen-bond acceptors (Lipinski definition) is 2. The Morgan fingerprint density at radius 1 is 1.29 bits per heavy atom. The lowest BCUT2D eigenvalue weighted by Crippen LogP contribution is -2.24. The number of aromatic nitrogens is 3. The van der Waals surface area contributed by atoms with Crippen molar-refractivity contribution in [1.29, 1.82) is 0 Å². The van der Waals surface area contributed by atoms with Gasteiger partial charge in [-0.1, -0.05) is 18.2 Å². The SMILES string of the molecule is Cc1c(CN2Cn3c(cc4ccccc43)C2=O)ncn1C. The minimum atomic E-state index is 0.0799. The lowest BCUT2D eigenvalue weighted by atomic mass is 10.2. The molecule has 0 aliphatic carbocycles. The third-order valence-corrected chi connectivity index (χ3v) is 4.30. The van der Waals surface area contributed by atoms with Crippen LogP contribution in [0.15, 0.2) is 36.7 Å². The van der Waals surface area contributed by atoms with E-state index in [-0.39, 0.29) is 5.91 Å². The molecule has 0 saturated carbocycles. The van der Waals surface area contributed by atoms with E-state index in [2.05, 4.69) is 15.6 Å². The molecule has 0 radical (unpaired) electrons. The fourth-order valence-corrected chi connectivity index (χ4v) is 2.93. The maximum absolute atomic E-state index is 12.6. The number of carbonyl (C=O) groups is 1. The number of benzene rings is 1. The molecule has 1 amide bonds. The molecule has 0 bridgehead atoms. The van der Waals surface area contributed by atoms with E-state index in [0.717, 1.165) is 28.0 Å². The Hall–Kier alpha value is -2.56. The fourth-order valence-electron chi connectivity index (χ4n) is 2.93. The zero-order chi connectivity index (χ0) is 14.6. The zero-order valence-electron chi connectivity index (χ0n) is 12.1. The van der Waals surface area contributed by atoms with Crippen molar-refractivity contribution in [2.24, 2.45) is 7.05 Å². The first-order chi connectivity index (χ1) is 10.1. The van der Waals surface area contributed by atoms with Gasteiger partial charge in [0.2, 0.25) is 0 Å². The highest BCUT2D eigenvalue weighted by Gasteiger charge is 2.29. The highest BCUT2D eigenvalue weighted by atomic mass is 16.2. The minimum Gasteiger partial charge on any atom is -0.338 e. The van der Waals surface area contributed by atoms with Gasteiger partial charge in [0.15, 0.2) is 0 Å². The Morgan fingerprint density at radius 3 is 2.86 bits per heavy atom. The molecule has 1 aliphatic heterocycles. The lowest BCUT2D eigenvalue weighted by Gasteiger charge is -2.15. The molecule has 5 heteroatoms. The molecule has 5 nitrogen and oxygen atoms in total. The second kappa shape index (κ2) is 4.22. The molecule has 0 atom stereocenters. The molecule has 1 aliphatic rings. The van der Waals surface area contributed by atoms with Crippen LogP contribution < -0.4 is 0 Å². The van der Waals surface area contributed by atoms with Crippen LogP contribution in [0.25, 0.3) is 10.9 Å². The van der Waals surface area contributed by atoms with Gasteiger partial charge in [-0.05, 0) is 19.1 Å². The Labute approximate surface area is 122 Å². The van der Waals surface area contributed by atoms with Gasteiger partial charge in [-0.2, -0.15) is 0 Å². The van der Waals surface area contributed by atoms with Crippen molar-refractivity contribution < 1.29 is 4.79 Å². The lowest BCUT2D eigenvalue weighted by molar-refractivity contribution is 0.0755. The van der Waals surface area contributed by atoms with Crippen molar-refractivity contribution >= 4 is 16.8 Å². The number of imidazole rings is 1. The van der Waals surface area contributed by atoms with Crippen LogP contribution in [0, 0.1) is 6.92 Å². The molecule has 106 valence electrons. The van der Waals surface area contributed by atoms with Gasteiger partial charge in [0.1, 0.15) is 5.69 Å². The van der Waals surface area contributed by atoms with E-state index in [1.165, 1.54) is 0 Å². The zero-order valence-corrected chi connectivity index (χ0v) is 12.1. The number of amides is 1. The fraction of sp³-hybridized carbons (Fsp3) is 0.250. The molecular weight excluding hydrogens is 264 g/mol. The Balaban J connectivity index is 1.68. The van der Waals surface area contributed by atoms with E-state index in [1.807, 2.05) is 47.7 Å². The summed E-state index contributed by atoms with van der Waals surface area (Å²) in [6.07, 6.45) is 1.79. The number of hydrogen-bond donors (Lipinski definition) is 0. The van der Waals surface area contributed by atoms with Gasteiger partial charge in [0, 0.05) is 18.1 Å². The molecule has 0 spiro atoms. The predicted molar refractivity (Wildman–Crippen MR) is 79.8 cm³/mol. The quantitative estimate of drug-likeness (QED) is 0.723. The van der Waals surface area contributed by atoms with Crippen molar-refractivity contribution in [2.75, 3.05) is 0 Å². The van der Waals surface area contributed by atoms with E-state index in [0.29, 0.717) is 13.2 Å². The number of carbonyl (C=O) groups excluding carboxylic acids is 1. The summed E-state index contributed by atoms with van der Waals surface area (Å²) in [5.74, 6) is 0.0799. The number of aryl methyl sites for hydroxylation is 1. The summed E-state index contributed by atoms with van der Waals surface area (Å²) in [7, 11) is 1.97. The highest BCUT2D eigenvalue weighted by Crippen LogP contribution is 2.27. The van der Waals surface area contributed by atoms with Gasteiger partial charge < -0.3 is 14.0 Å². The average molecular weight is 280 g/mol. The van der Waals surface area contributed by atoms with Crippen LogP contribution in [0.4, 0.5) is 0 Å². The molecule has 0 fully saturated rings. The van der Waals surface area contributed by atoms with Crippen LogP contribution in [-0.4, -0.2) is 24.9 Å². The normalized spacial score (nSPS) is 14.2. The summed E-state index contributed by atoms with van der Waals surface area (Å²) in [5.41, 5.74) is 3.94. The topological polar surface area (TPSA) is 43.1 Å². The van der Waals surface area contributed by atoms with Crippen LogP contribution >= 0.6 is 0 Å². The summed E-state index contributed by atoms with van der Waals surface area (Å²) >= 11 is 0. The molecule has 21 heavy (non-hydrogen) atoms. The van der Waals surface area contributed by atoms with Gasteiger partial charge in [0.25, 0.3) is 5.91 Å². The molecule has 4 rings (SSSR count). The smallest absolute Gasteiger partial charge is 0.272 e. The highest BCUT2D eigenvalue weighted by molar-refractivity contribution is 6.00. The average Bonchev–Trinajstić information content (AvgIpc) is 3.10. The van der Waals surface area contributed by atoms with Gasteiger partial charge in [-0.15, -0.1) is 0 Å². The molecule has 0 saturated heterocycles. The van der Waals surface area contributed by atoms with Crippen molar-refractivity contribution in [3.05, 3.63) is 53.7 Å². The molecule has 2 aromatic heterocycles. The molecule has 3 heterocycles. The van der Waals surface area contributed by atoms with E-state index >= 15 is 0 Å². The van der Waals surface area contributed by atoms with Gasteiger partial charge in [-0.3, -0.25) is 4.79 Å². The molecule has 1 aromatic carbocycles. The van der Waals surface area contributed by atoms with Gasteiger partial charge >= 0.3 is 0 Å². The van der Waals surface area contributed by atoms with E-state index in [9.17, 15) is 4.79 Å². The molecule has 0 N–H and O–H groups in total. The largest absolute Gasteiger partial charge is 0.338 e. The van der Waals surface area contributed by atoms with Crippen LogP contribution in [0.3, 0.4) is 0 Å². The van der Waals surface area contributed by atoms with Crippen LogP contribution in [0.5, 0.6) is 0 Å². The summed E-state index contributed by atoms with van der Waals surface area (Å²) < 4.78 is 4.06. The summed E-state index contributed by atoms with van der Waals surface area (Å²) in [6.45, 7) is 3.18. The second-order valence-electron chi connectivity index (χ2n) is 5.55. The standard InChI is InChI=1S/C16H16N4O/c1-11-13(17-9-18(11)2)8-19-10-20-14-6-4-3-5-12(14)7-15(20)16(19)21/h3-7,9H,8,10H2,1-2H3. The summed E-state index contributed by atoms with van der Waals surface area (Å²) in [6, 6.07) is 10.1. The van der Waals surface area contributed by atoms with Crippen molar-refractivity contribution in [2.45, 2.75) is 20.1 Å². The Morgan fingerprint density at radius 2 is 2.10 bits per heavy atom. The number of para-hydroxylation sites is 1. The number of nitrogens with zero attached hydrogens (tertiary/aromatic N) is 4. The third-order valence-electron chi connectivity index (χ3n) is 4.30. The van der Waals surface area contributed by atoms with E-state index in [4.69, 9.17) is 0 Å². The van der Waals surface area contributed by atoms with E-state index < -0.39 is 0 Å². The van der Waals surface area contributed by atoms with Crippen molar-refractivity contribution in [3.8, 4) is 0 Å². The summed E-state index contributed by atoms with van der Waals surface area (Å²) in [4.78, 5) is 18.8. The molecular formula is C16H16N4O. The number of fused-ring (bicyclic) bond motifs is 3. The van der Waals surface area contributed by atoms with Crippen molar-refractivity contribution in [1.82, 2.24) is 19.0 Å². The first-order valence-electron chi connectivity index (χ1n) is 6.99. The first-order valence-corrected chi connectivity index (χ1v) is 6.99. The first kappa shape index (κ1) is 12.2. The maximum Gasteiger partial charge on any atom is 0.272 e. The molecule has 3 aromatic rings. The van der Waals surface area contributed by atoms with Crippen LogP contribution in [0.2, 0.25) is 0 Å². The molecule has 0 unspecified atom stereocenters. The Bertz CT molecular complexity index is 858. The maximum atomic E-state index is 12.6. The second-order valence-corrected chi connectivity index (χ2v) is 5.55. The van der Waals surface area contributed by atoms with Crippen molar-refractivity contribution in [3.63, 3.8) is 0 Å². The van der Waals surface area contributed by atoms with Crippen LogP contribution in [0.1, 0.15) is 21.9 Å². The van der Waals surface area contributed by atoms with E-state index in [1.54, 1.807) is 6.33 Å². The van der Waals surface area contributed by atoms with Gasteiger partial charge in [0.05, 0.1) is 30.8 Å². The number of rotatable bonds is 2. The van der Waals surface area contributed by atoms with Gasteiger partial charge in [-0.25, -0.2) is 4.98 Å². The monoisotopic (exact) mass is 280 g/mol.